The maximum atomic E-state index is 12.0. The lowest BCUT2D eigenvalue weighted by Crippen LogP contribution is -2.15. The van der Waals surface area contributed by atoms with Crippen molar-refractivity contribution in [1.82, 2.24) is 0 Å². The monoisotopic (exact) mass is 413 g/mol. The summed E-state index contributed by atoms with van der Waals surface area (Å²) in [5, 5.41) is 0. The van der Waals surface area contributed by atoms with E-state index in [9.17, 15) is 9.59 Å². The molecule has 8 heteroatoms. The average Bonchev–Trinajstić information content (AvgIpc) is 2.89. The van der Waals surface area contributed by atoms with Crippen LogP contribution >= 0.6 is 27.3 Å². The van der Waals surface area contributed by atoms with Gasteiger partial charge in [-0.3, -0.25) is 0 Å². The molecule has 2 N–H and O–H groups in total. The van der Waals surface area contributed by atoms with Gasteiger partial charge in [0.15, 0.2) is 17.2 Å². The summed E-state index contributed by atoms with van der Waals surface area (Å²) < 4.78 is 15.7. The van der Waals surface area contributed by atoms with E-state index in [-0.39, 0.29) is 23.8 Å². The molecule has 0 bridgehead atoms. The highest BCUT2D eigenvalue weighted by Crippen LogP contribution is 2.46. The molecule has 128 valence electrons. The molecule has 1 aromatic heterocycles. The molecule has 0 aliphatic rings. The van der Waals surface area contributed by atoms with E-state index in [2.05, 4.69) is 15.9 Å². The van der Waals surface area contributed by atoms with Crippen LogP contribution in [0.3, 0.4) is 0 Å². The fourth-order valence-electron chi connectivity index (χ4n) is 1.95. The second kappa shape index (κ2) is 8.16. The first-order valence-corrected chi connectivity index (χ1v) is 8.63. The quantitative estimate of drug-likeness (QED) is 0.575. The van der Waals surface area contributed by atoms with Crippen molar-refractivity contribution in [2.24, 2.45) is 0 Å². The second-order valence-electron chi connectivity index (χ2n) is 4.61. The zero-order chi connectivity index (χ0) is 17.7. The molecule has 6 nitrogen and oxygen atoms in total. The van der Waals surface area contributed by atoms with Gasteiger partial charge in [-0.15, -0.1) is 11.3 Å². The molecule has 0 spiro atoms. The van der Waals surface area contributed by atoms with E-state index in [0.29, 0.717) is 10.2 Å². The Morgan fingerprint density at radius 1 is 1.33 bits per heavy atom. The Kier molecular flexibility index (Phi) is 6.22. The minimum Gasteiger partial charge on any atom is -0.479 e. The SMILES string of the molecule is CCOC(=O)COc1c(C(=O)OC)sc(-c2cccc(N)c2)c1Br. The first-order valence-electron chi connectivity index (χ1n) is 7.02. The van der Waals surface area contributed by atoms with Crippen LogP contribution in [0.1, 0.15) is 16.6 Å². The summed E-state index contributed by atoms with van der Waals surface area (Å²) in [6.45, 7) is 1.66. The number of carbonyl (C=O) groups excluding carboxylic acids is 2. The third-order valence-electron chi connectivity index (χ3n) is 2.97. The zero-order valence-electron chi connectivity index (χ0n) is 13.1. The minimum absolute atomic E-state index is 0.248. The van der Waals surface area contributed by atoms with Crippen molar-refractivity contribution in [2.75, 3.05) is 26.1 Å². The molecule has 2 rings (SSSR count). The smallest absolute Gasteiger partial charge is 0.351 e. The van der Waals surface area contributed by atoms with Crippen LogP contribution in [0.15, 0.2) is 28.7 Å². The van der Waals surface area contributed by atoms with Crippen molar-refractivity contribution in [3.63, 3.8) is 0 Å². The number of ether oxygens (including phenoxy) is 3. The Balaban J connectivity index is 2.41. The highest BCUT2D eigenvalue weighted by molar-refractivity contribution is 9.10. The third-order valence-corrected chi connectivity index (χ3v) is 5.19. The maximum absolute atomic E-state index is 12.0. The number of hydrogen-bond donors (Lipinski definition) is 1. The van der Waals surface area contributed by atoms with Gasteiger partial charge in [-0.2, -0.15) is 0 Å². The van der Waals surface area contributed by atoms with Crippen LogP contribution in [0.4, 0.5) is 5.69 Å². The molecule has 1 heterocycles. The molecule has 2 aromatic rings. The number of esters is 2. The summed E-state index contributed by atoms with van der Waals surface area (Å²) in [4.78, 5) is 24.5. The number of thiophene rings is 1. The van der Waals surface area contributed by atoms with E-state index in [1.165, 1.54) is 18.4 Å². The molecule has 1 aromatic carbocycles. The lowest BCUT2D eigenvalue weighted by Gasteiger charge is -2.07. The normalized spacial score (nSPS) is 10.3. The van der Waals surface area contributed by atoms with Crippen LogP contribution in [-0.2, 0) is 14.3 Å². The van der Waals surface area contributed by atoms with Crippen molar-refractivity contribution in [3.8, 4) is 16.2 Å². The summed E-state index contributed by atoms with van der Waals surface area (Å²) in [5.74, 6) is -0.816. The van der Waals surface area contributed by atoms with Crippen LogP contribution < -0.4 is 10.5 Å². The van der Waals surface area contributed by atoms with Crippen molar-refractivity contribution in [3.05, 3.63) is 33.6 Å². The first kappa shape index (κ1) is 18.3. The summed E-state index contributed by atoms with van der Waals surface area (Å²) in [6, 6.07) is 7.23. The summed E-state index contributed by atoms with van der Waals surface area (Å²) >= 11 is 4.63. The lowest BCUT2D eigenvalue weighted by molar-refractivity contribution is -0.145. The van der Waals surface area contributed by atoms with E-state index < -0.39 is 11.9 Å². The van der Waals surface area contributed by atoms with Crippen LogP contribution in [-0.4, -0.2) is 32.3 Å². The summed E-state index contributed by atoms with van der Waals surface area (Å²) in [5.41, 5.74) is 7.23. The number of benzene rings is 1. The summed E-state index contributed by atoms with van der Waals surface area (Å²) in [6.07, 6.45) is 0. The highest BCUT2D eigenvalue weighted by Gasteiger charge is 2.25. The van der Waals surface area contributed by atoms with E-state index >= 15 is 0 Å². The van der Waals surface area contributed by atoms with E-state index in [4.69, 9.17) is 19.9 Å². The van der Waals surface area contributed by atoms with Crippen molar-refractivity contribution < 1.29 is 23.8 Å². The van der Waals surface area contributed by atoms with Crippen LogP contribution in [0, 0.1) is 0 Å². The molecule has 0 saturated heterocycles. The molecule has 0 fully saturated rings. The Bertz CT molecular complexity index is 759. The van der Waals surface area contributed by atoms with Crippen LogP contribution in [0.25, 0.3) is 10.4 Å². The fourth-order valence-corrected chi connectivity index (χ4v) is 3.92. The molecule has 0 unspecified atom stereocenters. The second-order valence-corrected chi connectivity index (χ2v) is 6.43. The number of rotatable bonds is 6. The van der Waals surface area contributed by atoms with Crippen molar-refractivity contribution >= 4 is 44.9 Å². The molecule has 0 atom stereocenters. The molecule has 0 amide bonds. The van der Waals surface area contributed by atoms with Gasteiger partial charge in [0.25, 0.3) is 0 Å². The Morgan fingerprint density at radius 3 is 2.71 bits per heavy atom. The highest BCUT2D eigenvalue weighted by atomic mass is 79.9. The van der Waals surface area contributed by atoms with Gasteiger partial charge in [-0.25, -0.2) is 9.59 Å². The van der Waals surface area contributed by atoms with Gasteiger partial charge in [0.1, 0.15) is 0 Å². The number of methoxy groups -OCH3 is 1. The van der Waals surface area contributed by atoms with Gasteiger partial charge in [-0.05, 0) is 40.5 Å². The Labute approximate surface area is 151 Å². The number of anilines is 1. The van der Waals surface area contributed by atoms with E-state index in [0.717, 1.165) is 10.4 Å². The van der Waals surface area contributed by atoms with Crippen molar-refractivity contribution in [1.29, 1.82) is 0 Å². The summed E-state index contributed by atoms with van der Waals surface area (Å²) in [7, 11) is 1.28. The predicted molar refractivity (Wildman–Crippen MR) is 95.3 cm³/mol. The maximum Gasteiger partial charge on any atom is 0.351 e. The van der Waals surface area contributed by atoms with Crippen LogP contribution in [0.5, 0.6) is 5.75 Å². The largest absolute Gasteiger partial charge is 0.479 e. The van der Waals surface area contributed by atoms with Gasteiger partial charge < -0.3 is 19.9 Å². The van der Waals surface area contributed by atoms with E-state index in [1.807, 2.05) is 12.1 Å². The average molecular weight is 414 g/mol. The molecule has 24 heavy (non-hydrogen) atoms. The molecular formula is C16H16BrNO5S. The van der Waals surface area contributed by atoms with Gasteiger partial charge in [-0.1, -0.05) is 12.1 Å². The zero-order valence-corrected chi connectivity index (χ0v) is 15.5. The Hall–Kier alpha value is -2.06. The van der Waals surface area contributed by atoms with Gasteiger partial charge in [0, 0.05) is 5.69 Å². The van der Waals surface area contributed by atoms with Gasteiger partial charge in [0.2, 0.25) is 0 Å². The molecule has 0 radical (unpaired) electrons. The topological polar surface area (TPSA) is 87.8 Å². The van der Waals surface area contributed by atoms with Crippen molar-refractivity contribution in [2.45, 2.75) is 6.92 Å². The molecule has 0 aliphatic carbocycles. The number of halogens is 1. The molecule has 0 saturated carbocycles. The predicted octanol–water partition coefficient (Wildman–Crippen LogP) is 3.49. The van der Waals surface area contributed by atoms with Gasteiger partial charge >= 0.3 is 11.9 Å². The van der Waals surface area contributed by atoms with Crippen LogP contribution in [0.2, 0.25) is 0 Å². The van der Waals surface area contributed by atoms with Gasteiger partial charge in [0.05, 0.1) is 23.1 Å². The lowest BCUT2D eigenvalue weighted by atomic mass is 10.1. The number of hydrogen-bond acceptors (Lipinski definition) is 7. The molecule has 0 aliphatic heterocycles. The standard InChI is InChI=1S/C16H16BrNO5S/c1-3-22-11(19)8-23-13-12(17)14(24-15(13)16(20)21-2)9-5-4-6-10(18)7-9/h4-7H,3,8,18H2,1-2H3. The molecular weight excluding hydrogens is 398 g/mol. The number of carbonyl (C=O) groups is 2. The minimum atomic E-state index is -0.547. The third kappa shape index (κ3) is 4.07. The first-order chi connectivity index (χ1) is 11.5. The fraction of sp³-hybridized carbons (Fsp3) is 0.250. The number of nitrogen functional groups attached to an aromatic ring is 1. The Morgan fingerprint density at radius 2 is 2.08 bits per heavy atom. The number of nitrogens with two attached hydrogens (primary N) is 1. The van der Waals surface area contributed by atoms with E-state index in [1.54, 1.807) is 19.1 Å².